The molecule has 1 aliphatic heterocycles. The summed E-state index contributed by atoms with van der Waals surface area (Å²) in [6.07, 6.45) is 1.31. The smallest absolute Gasteiger partial charge is 0.290 e. The molecule has 0 spiro atoms. The van der Waals surface area contributed by atoms with Gasteiger partial charge in [0.05, 0.1) is 17.0 Å². The fourth-order valence-electron chi connectivity index (χ4n) is 4.20. The van der Waals surface area contributed by atoms with Crippen LogP contribution in [0.25, 0.3) is 5.69 Å². The van der Waals surface area contributed by atoms with Crippen molar-refractivity contribution in [3.05, 3.63) is 87.3 Å². The molecule has 1 aliphatic rings. The van der Waals surface area contributed by atoms with Crippen LogP contribution in [0.2, 0.25) is 5.02 Å². The van der Waals surface area contributed by atoms with E-state index in [0.717, 1.165) is 30.0 Å². The minimum absolute atomic E-state index is 0.187. The Hall–Kier alpha value is -2.34. The lowest BCUT2D eigenvalue weighted by atomic mass is 9.84. The van der Waals surface area contributed by atoms with Crippen LogP contribution < -0.4 is 5.56 Å². The van der Waals surface area contributed by atoms with Gasteiger partial charge < -0.3 is 5.11 Å². The summed E-state index contributed by atoms with van der Waals surface area (Å²) in [7, 11) is 0. The average molecular weight is 412 g/mol. The number of para-hydroxylation sites is 1. The van der Waals surface area contributed by atoms with Gasteiger partial charge in [0, 0.05) is 26.2 Å². The number of aromatic nitrogens is 2. The number of likely N-dealkylation sites (tertiary alicyclic amines) is 1. The van der Waals surface area contributed by atoms with Crippen LogP contribution in [-0.4, -0.2) is 32.5 Å². The monoisotopic (exact) mass is 411 g/mol. The van der Waals surface area contributed by atoms with Crippen molar-refractivity contribution in [1.82, 2.24) is 14.3 Å². The second-order valence-corrected chi connectivity index (χ2v) is 7.98. The van der Waals surface area contributed by atoms with E-state index >= 15 is 0 Å². The molecule has 1 fully saturated rings. The van der Waals surface area contributed by atoms with E-state index in [1.807, 2.05) is 72.3 Å². The van der Waals surface area contributed by atoms with E-state index in [1.165, 1.54) is 0 Å². The number of aliphatic hydroxyl groups is 1. The Morgan fingerprint density at radius 2 is 1.59 bits per heavy atom. The Balaban J connectivity index is 1.56. The third kappa shape index (κ3) is 3.78. The Bertz CT molecular complexity index is 1020. The molecule has 0 radical (unpaired) electrons. The highest BCUT2D eigenvalue weighted by molar-refractivity contribution is 6.31. The van der Waals surface area contributed by atoms with Crippen molar-refractivity contribution < 1.29 is 5.11 Å². The Morgan fingerprint density at radius 1 is 1.00 bits per heavy atom. The van der Waals surface area contributed by atoms with Crippen LogP contribution in [0.3, 0.4) is 0 Å². The average Bonchev–Trinajstić information content (AvgIpc) is 3.01. The Morgan fingerprint density at radius 3 is 2.17 bits per heavy atom. The fraction of sp³-hybridized carbons (Fsp3) is 0.348. The van der Waals surface area contributed by atoms with E-state index in [1.54, 1.807) is 4.68 Å². The van der Waals surface area contributed by atoms with Crippen molar-refractivity contribution in [1.29, 1.82) is 0 Å². The fourth-order valence-corrected chi connectivity index (χ4v) is 4.44. The van der Waals surface area contributed by atoms with E-state index in [9.17, 15) is 9.90 Å². The number of halogens is 1. The summed E-state index contributed by atoms with van der Waals surface area (Å²) in [5.74, 6) is 0. The first-order valence-electron chi connectivity index (χ1n) is 10.1. The highest BCUT2D eigenvalue weighted by Crippen LogP contribution is 2.33. The second kappa shape index (κ2) is 8.19. The summed E-state index contributed by atoms with van der Waals surface area (Å²) >= 11 is 6.49. The number of hydrogen-bond acceptors (Lipinski definition) is 3. The number of rotatable bonds is 5. The molecule has 152 valence electrons. The van der Waals surface area contributed by atoms with Gasteiger partial charge in [0.15, 0.2) is 0 Å². The van der Waals surface area contributed by atoms with Gasteiger partial charge in [-0.05, 0) is 37.5 Å². The van der Waals surface area contributed by atoms with Crippen molar-refractivity contribution >= 4 is 11.6 Å². The molecule has 0 atom stereocenters. The summed E-state index contributed by atoms with van der Waals surface area (Å²) < 4.78 is 3.61. The maximum atomic E-state index is 12.9. The van der Waals surface area contributed by atoms with E-state index in [4.69, 9.17) is 11.6 Å². The van der Waals surface area contributed by atoms with Crippen LogP contribution in [0.4, 0.5) is 0 Å². The molecule has 3 aromatic rings. The van der Waals surface area contributed by atoms with Gasteiger partial charge in [-0.15, -0.1) is 0 Å². The highest BCUT2D eigenvalue weighted by Gasteiger charge is 2.34. The van der Waals surface area contributed by atoms with Gasteiger partial charge in [-0.3, -0.25) is 14.4 Å². The minimum Gasteiger partial charge on any atom is -0.385 e. The lowest BCUT2D eigenvalue weighted by molar-refractivity contribution is -0.0282. The first kappa shape index (κ1) is 20.0. The number of piperidine rings is 1. The summed E-state index contributed by atoms with van der Waals surface area (Å²) in [5, 5.41) is 11.3. The zero-order valence-electron chi connectivity index (χ0n) is 16.6. The number of benzene rings is 2. The molecule has 29 heavy (non-hydrogen) atoms. The van der Waals surface area contributed by atoms with Crippen molar-refractivity contribution in [2.75, 3.05) is 13.1 Å². The third-order valence-corrected chi connectivity index (χ3v) is 6.23. The topological polar surface area (TPSA) is 50.4 Å². The standard InChI is InChI=1S/C23H26ClN3O2/c1-2-26-20(21(24)22(28)27(26)19-11-7-4-8-12-19)17-25-15-13-23(29,14-16-25)18-9-5-3-6-10-18/h3-12,29H,2,13-17H2,1H3. The highest BCUT2D eigenvalue weighted by atomic mass is 35.5. The van der Waals surface area contributed by atoms with E-state index in [0.29, 0.717) is 25.9 Å². The summed E-state index contributed by atoms with van der Waals surface area (Å²) in [6, 6.07) is 19.4. The van der Waals surface area contributed by atoms with Gasteiger partial charge in [0.1, 0.15) is 5.02 Å². The number of hydrogen-bond donors (Lipinski definition) is 1. The first-order valence-corrected chi connectivity index (χ1v) is 10.5. The molecule has 1 aromatic heterocycles. The lowest BCUT2D eigenvalue weighted by Gasteiger charge is -2.38. The molecule has 0 aliphatic carbocycles. The first-order chi connectivity index (χ1) is 14.0. The van der Waals surface area contributed by atoms with Crippen LogP contribution in [-0.2, 0) is 18.7 Å². The quantitative estimate of drug-likeness (QED) is 0.694. The number of nitrogens with zero attached hydrogens (tertiary/aromatic N) is 3. The Kier molecular flexibility index (Phi) is 5.63. The van der Waals surface area contributed by atoms with Crippen molar-refractivity contribution in [3.8, 4) is 5.69 Å². The predicted octanol–water partition coefficient (Wildman–Crippen LogP) is 3.80. The van der Waals surface area contributed by atoms with Crippen LogP contribution >= 0.6 is 11.6 Å². The molecule has 1 N–H and O–H groups in total. The van der Waals surface area contributed by atoms with Crippen molar-refractivity contribution in [3.63, 3.8) is 0 Å². The van der Waals surface area contributed by atoms with E-state index < -0.39 is 5.60 Å². The SMILES string of the molecule is CCn1c(CN2CCC(O)(c3ccccc3)CC2)c(Cl)c(=O)n1-c1ccccc1. The summed E-state index contributed by atoms with van der Waals surface area (Å²) in [4.78, 5) is 15.1. The molecule has 2 heterocycles. The van der Waals surface area contributed by atoms with Gasteiger partial charge in [-0.1, -0.05) is 60.1 Å². The lowest BCUT2D eigenvalue weighted by Crippen LogP contribution is -2.42. The molecule has 0 amide bonds. The molecule has 0 bridgehead atoms. The van der Waals surface area contributed by atoms with Gasteiger partial charge in [-0.25, -0.2) is 4.68 Å². The maximum absolute atomic E-state index is 12.9. The summed E-state index contributed by atoms with van der Waals surface area (Å²) in [5.41, 5.74) is 1.63. The van der Waals surface area contributed by atoms with Crippen LogP contribution in [0.5, 0.6) is 0 Å². The van der Waals surface area contributed by atoms with Crippen LogP contribution in [0, 0.1) is 0 Å². The summed E-state index contributed by atoms with van der Waals surface area (Å²) in [6.45, 7) is 4.75. The second-order valence-electron chi connectivity index (χ2n) is 7.60. The maximum Gasteiger partial charge on any atom is 0.290 e. The zero-order valence-corrected chi connectivity index (χ0v) is 17.3. The van der Waals surface area contributed by atoms with Crippen LogP contribution in [0.1, 0.15) is 31.0 Å². The Labute approximate surface area is 175 Å². The van der Waals surface area contributed by atoms with Crippen molar-refractivity contribution in [2.45, 2.75) is 38.5 Å². The van der Waals surface area contributed by atoms with E-state index in [-0.39, 0.29) is 10.6 Å². The minimum atomic E-state index is -0.790. The van der Waals surface area contributed by atoms with Crippen molar-refractivity contribution in [2.24, 2.45) is 0 Å². The predicted molar refractivity (Wildman–Crippen MR) is 116 cm³/mol. The molecule has 4 rings (SSSR count). The molecular formula is C23H26ClN3O2. The molecule has 5 nitrogen and oxygen atoms in total. The van der Waals surface area contributed by atoms with Gasteiger partial charge in [0.2, 0.25) is 0 Å². The molecule has 6 heteroatoms. The normalized spacial score (nSPS) is 16.8. The largest absolute Gasteiger partial charge is 0.385 e. The van der Waals surface area contributed by atoms with E-state index in [2.05, 4.69) is 4.90 Å². The van der Waals surface area contributed by atoms with Gasteiger partial charge in [-0.2, -0.15) is 0 Å². The zero-order chi connectivity index (χ0) is 20.4. The van der Waals surface area contributed by atoms with Crippen LogP contribution in [0.15, 0.2) is 65.5 Å². The molecule has 0 saturated carbocycles. The molecule has 2 aromatic carbocycles. The molecule has 0 unspecified atom stereocenters. The van der Waals surface area contributed by atoms with Gasteiger partial charge >= 0.3 is 0 Å². The molecular weight excluding hydrogens is 386 g/mol. The third-order valence-electron chi connectivity index (χ3n) is 5.85. The van der Waals surface area contributed by atoms with Gasteiger partial charge in [0.25, 0.3) is 5.56 Å². The molecule has 1 saturated heterocycles.